The Kier molecular flexibility index (Phi) is 5.16. The van der Waals surface area contributed by atoms with E-state index in [9.17, 15) is 4.79 Å². The van der Waals surface area contributed by atoms with Crippen LogP contribution in [0.15, 0.2) is 18.2 Å². The van der Waals surface area contributed by atoms with Gasteiger partial charge in [-0.25, -0.2) is 0 Å². The molecule has 0 heterocycles. The summed E-state index contributed by atoms with van der Waals surface area (Å²) < 4.78 is 0. The van der Waals surface area contributed by atoms with E-state index in [0.29, 0.717) is 6.54 Å². The average molecular weight is 249 g/mol. The van der Waals surface area contributed by atoms with Crippen LogP contribution in [0.2, 0.25) is 0 Å². The van der Waals surface area contributed by atoms with Crippen molar-refractivity contribution in [2.24, 2.45) is 5.92 Å². The summed E-state index contributed by atoms with van der Waals surface area (Å²) in [5, 5.41) is 5.95. The molecule has 100 valence electrons. The molecule has 0 bridgehead atoms. The minimum absolute atomic E-state index is 0.0397. The Morgan fingerprint density at radius 2 is 2.06 bits per heavy atom. The maximum atomic E-state index is 11.9. The number of hydrogen-bond donors (Lipinski definition) is 2. The van der Waals surface area contributed by atoms with Crippen LogP contribution in [-0.4, -0.2) is 33.6 Å². The number of amides is 1. The first-order valence-corrected chi connectivity index (χ1v) is 6.19. The first-order chi connectivity index (χ1) is 8.45. The molecule has 0 aliphatic carbocycles. The summed E-state index contributed by atoms with van der Waals surface area (Å²) >= 11 is 0. The Morgan fingerprint density at radius 1 is 1.39 bits per heavy atom. The number of nitrogens with one attached hydrogen (secondary N) is 2. The van der Waals surface area contributed by atoms with E-state index in [2.05, 4.69) is 17.6 Å². The fraction of sp³-hybridized carbons (Fsp3) is 0.500. The monoisotopic (exact) mass is 249 g/mol. The molecule has 0 spiro atoms. The van der Waals surface area contributed by atoms with Gasteiger partial charge in [-0.2, -0.15) is 0 Å². The van der Waals surface area contributed by atoms with Gasteiger partial charge >= 0.3 is 0 Å². The summed E-state index contributed by atoms with van der Waals surface area (Å²) in [6, 6.07) is 5.96. The average Bonchev–Trinajstić information content (AvgIpc) is 2.31. The summed E-state index contributed by atoms with van der Waals surface area (Å²) in [5.41, 5.74) is 3.16. The number of benzene rings is 1. The predicted octanol–water partition coefficient (Wildman–Crippen LogP) is 1.86. The molecule has 4 nitrogen and oxygen atoms in total. The molecule has 0 fully saturated rings. The lowest BCUT2D eigenvalue weighted by atomic mass is 10.1. The number of carbonyl (C=O) groups excluding carboxylic acids is 1. The van der Waals surface area contributed by atoms with Gasteiger partial charge in [0.25, 0.3) is 0 Å². The molecule has 1 aromatic carbocycles. The van der Waals surface area contributed by atoms with E-state index in [0.717, 1.165) is 11.4 Å². The lowest BCUT2D eigenvalue weighted by Gasteiger charge is -2.18. The summed E-state index contributed by atoms with van der Waals surface area (Å²) in [5.74, 6) is -0.00276. The molecule has 0 saturated heterocycles. The fourth-order valence-corrected chi connectivity index (χ4v) is 1.83. The number of hydrogen-bond acceptors (Lipinski definition) is 3. The predicted molar refractivity (Wildman–Crippen MR) is 77.2 cm³/mol. The second-order valence-corrected chi connectivity index (χ2v) is 4.84. The van der Waals surface area contributed by atoms with Crippen LogP contribution in [0, 0.1) is 12.8 Å². The lowest BCUT2D eigenvalue weighted by molar-refractivity contribution is -0.119. The summed E-state index contributed by atoms with van der Waals surface area (Å²) in [4.78, 5) is 13.9. The molecule has 18 heavy (non-hydrogen) atoms. The van der Waals surface area contributed by atoms with Crippen molar-refractivity contribution in [3.63, 3.8) is 0 Å². The topological polar surface area (TPSA) is 44.4 Å². The van der Waals surface area contributed by atoms with Gasteiger partial charge in [-0.3, -0.25) is 4.79 Å². The Labute approximate surface area is 109 Å². The van der Waals surface area contributed by atoms with E-state index in [-0.39, 0.29) is 11.8 Å². The van der Waals surface area contributed by atoms with Gasteiger partial charge in [-0.1, -0.05) is 13.0 Å². The molecule has 1 rings (SSSR count). The molecule has 4 heteroatoms. The van der Waals surface area contributed by atoms with Crippen LogP contribution in [0.4, 0.5) is 11.4 Å². The van der Waals surface area contributed by atoms with E-state index in [1.165, 1.54) is 5.56 Å². The van der Waals surface area contributed by atoms with E-state index in [1.54, 1.807) is 0 Å². The Hall–Kier alpha value is -1.55. The molecular formula is C14H23N3O. The van der Waals surface area contributed by atoms with E-state index in [4.69, 9.17) is 0 Å². The third kappa shape index (κ3) is 3.74. The van der Waals surface area contributed by atoms with Crippen molar-refractivity contribution >= 4 is 17.3 Å². The molecule has 1 unspecified atom stereocenters. The van der Waals surface area contributed by atoms with Crippen LogP contribution >= 0.6 is 0 Å². The SMILES string of the molecule is CNCC(C)C(=O)Nc1ccc(C)c(N(C)C)c1. The van der Waals surface area contributed by atoms with Crippen molar-refractivity contribution in [2.45, 2.75) is 13.8 Å². The lowest BCUT2D eigenvalue weighted by Crippen LogP contribution is -2.28. The fourth-order valence-electron chi connectivity index (χ4n) is 1.83. The Bertz CT molecular complexity index is 416. The largest absolute Gasteiger partial charge is 0.377 e. The van der Waals surface area contributed by atoms with E-state index in [1.807, 2.05) is 51.2 Å². The van der Waals surface area contributed by atoms with Gasteiger partial charge in [0.1, 0.15) is 0 Å². The number of aryl methyl sites for hydroxylation is 1. The van der Waals surface area contributed by atoms with Gasteiger partial charge in [0, 0.05) is 37.9 Å². The zero-order valence-electron chi connectivity index (χ0n) is 11.9. The smallest absolute Gasteiger partial charge is 0.228 e. The Balaban J connectivity index is 2.79. The van der Waals surface area contributed by atoms with Crippen molar-refractivity contribution in [1.82, 2.24) is 5.32 Å². The molecule has 1 atom stereocenters. The number of carbonyl (C=O) groups is 1. The summed E-state index contributed by atoms with van der Waals surface area (Å²) in [7, 11) is 5.84. The highest BCUT2D eigenvalue weighted by molar-refractivity contribution is 5.93. The van der Waals surface area contributed by atoms with Crippen LogP contribution in [0.3, 0.4) is 0 Å². The maximum Gasteiger partial charge on any atom is 0.228 e. The zero-order chi connectivity index (χ0) is 13.7. The third-order valence-electron chi connectivity index (χ3n) is 2.92. The zero-order valence-corrected chi connectivity index (χ0v) is 11.9. The Morgan fingerprint density at radius 3 is 2.61 bits per heavy atom. The van der Waals surface area contributed by atoms with Gasteiger partial charge in [0.05, 0.1) is 0 Å². The molecule has 2 N–H and O–H groups in total. The second-order valence-electron chi connectivity index (χ2n) is 4.84. The van der Waals surface area contributed by atoms with Gasteiger partial charge in [-0.05, 0) is 31.7 Å². The molecule has 0 aliphatic heterocycles. The van der Waals surface area contributed by atoms with Crippen molar-refractivity contribution in [3.05, 3.63) is 23.8 Å². The molecule has 0 saturated carbocycles. The first kappa shape index (κ1) is 14.5. The van der Waals surface area contributed by atoms with Crippen molar-refractivity contribution in [2.75, 3.05) is 37.9 Å². The summed E-state index contributed by atoms with van der Waals surface area (Å²) in [6.45, 7) is 4.65. The van der Waals surface area contributed by atoms with Gasteiger partial charge < -0.3 is 15.5 Å². The van der Waals surface area contributed by atoms with E-state index >= 15 is 0 Å². The minimum Gasteiger partial charge on any atom is -0.377 e. The van der Waals surface area contributed by atoms with Crippen molar-refractivity contribution < 1.29 is 4.79 Å². The summed E-state index contributed by atoms with van der Waals surface area (Å²) in [6.07, 6.45) is 0. The van der Waals surface area contributed by atoms with Crippen LogP contribution in [-0.2, 0) is 4.79 Å². The number of anilines is 2. The molecule has 1 aromatic rings. The first-order valence-electron chi connectivity index (χ1n) is 6.19. The minimum atomic E-state index is -0.0425. The highest BCUT2D eigenvalue weighted by atomic mass is 16.1. The van der Waals surface area contributed by atoms with Crippen LogP contribution in [0.1, 0.15) is 12.5 Å². The van der Waals surface area contributed by atoms with E-state index < -0.39 is 0 Å². The van der Waals surface area contributed by atoms with Crippen LogP contribution in [0.25, 0.3) is 0 Å². The third-order valence-corrected chi connectivity index (χ3v) is 2.92. The molecule has 0 radical (unpaired) electrons. The molecular weight excluding hydrogens is 226 g/mol. The standard InChI is InChI=1S/C14H23N3O/c1-10-6-7-12(8-13(10)17(4)5)16-14(18)11(2)9-15-3/h6-8,11,15H,9H2,1-5H3,(H,16,18). The number of rotatable bonds is 5. The van der Waals surface area contributed by atoms with Crippen molar-refractivity contribution in [1.29, 1.82) is 0 Å². The normalized spacial score (nSPS) is 12.1. The van der Waals surface area contributed by atoms with Gasteiger partial charge in [0.2, 0.25) is 5.91 Å². The molecule has 0 aliphatic rings. The number of nitrogens with zero attached hydrogens (tertiary/aromatic N) is 1. The van der Waals surface area contributed by atoms with Crippen molar-refractivity contribution in [3.8, 4) is 0 Å². The van der Waals surface area contributed by atoms with Crippen LogP contribution in [0.5, 0.6) is 0 Å². The van der Waals surface area contributed by atoms with Gasteiger partial charge in [0.15, 0.2) is 0 Å². The molecule has 0 aromatic heterocycles. The quantitative estimate of drug-likeness (QED) is 0.837. The maximum absolute atomic E-state index is 11.9. The van der Waals surface area contributed by atoms with Crippen LogP contribution < -0.4 is 15.5 Å². The highest BCUT2D eigenvalue weighted by Crippen LogP contribution is 2.22. The highest BCUT2D eigenvalue weighted by Gasteiger charge is 2.12. The molecule has 1 amide bonds. The second kappa shape index (κ2) is 6.40. The van der Waals surface area contributed by atoms with Gasteiger partial charge in [-0.15, -0.1) is 0 Å².